The number of nitrogens with zero attached hydrogens (tertiary/aromatic N) is 2. The van der Waals surface area contributed by atoms with Gasteiger partial charge < -0.3 is 5.11 Å². The first kappa shape index (κ1) is 17.0. The number of hydrogen-bond acceptors (Lipinski definition) is 3. The molecule has 2 heterocycles. The number of carbonyl (C=O) groups is 1. The second kappa shape index (κ2) is 6.82. The number of aromatic nitrogens is 1. The average Bonchev–Trinajstić information content (AvgIpc) is 2.93. The van der Waals surface area contributed by atoms with Gasteiger partial charge in [0.1, 0.15) is 6.04 Å². The first-order valence-electron chi connectivity index (χ1n) is 7.08. The lowest BCUT2D eigenvalue weighted by atomic mass is 10.1. The SMILES string of the molecule is Cc1c(Cl)c(CN2CCC[C@@H]2C(=O)O)nc2ccccc12.Cl. The van der Waals surface area contributed by atoms with Gasteiger partial charge in [0.15, 0.2) is 0 Å². The van der Waals surface area contributed by atoms with Gasteiger partial charge in [0.2, 0.25) is 0 Å². The standard InChI is InChI=1S/C16H17ClN2O2.ClH/c1-10-11-5-2-3-6-12(11)18-13(15(10)17)9-19-8-4-7-14(19)16(20)21;/h2-3,5-6,14H,4,7-9H2,1H3,(H,20,21);1H/t14-;/m1./s1. The third-order valence-electron chi connectivity index (χ3n) is 4.15. The fourth-order valence-corrected chi connectivity index (χ4v) is 3.21. The highest BCUT2D eigenvalue weighted by molar-refractivity contribution is 6.32. The fraction of sp³-hybridized carbons (Fsp3) is 0.375. The highest BCUT2D eigenvalue weighted by Gasteiger charge is 2.31. The Hall–Kier alpha value is -1.36. The number of aryl methyl sites for hydroxylation is 1. The zero-order valence-corrected chi connectivity index (χ0v) is 13.8. The van der Waals surface area contributed by atoms with E-state index >= 15 is 0 Å². The van der Waals surface area contributed by atoms with Crippen LogP contribution in [0.4, 0.5) is 0 Å². The molecule has 6 heteroatoms. The number of hydrogen-bond donors (Lipinski definition) is 1. The van der Waals surface area contributed by atoms with Crippen LogP contribution in [0.15, 0.2) is 24.3 Å². The smallest absolute Gasteiger partial charge is 0.320 e. The summed E-state index contributed by atoms with van der Waals surface area (Å²) in [5, 5.41) is 10.9. The quantitative estimate of drug-likeness (QED) is 0.926. The summed E-state index contributed by atoms with van der Waals surface area (Å²) < 4.78 is 0. The Morgan fingerprint density at radius 2 is 2.18 bits per heavy atom. The largest absolute Gasteiger partial charge is 0.480 e. The van der Waals surface area contributed by atoms with E-state index < -0.39 is 12.0 Å². The molecule has 1 saturated heterocycles. The molecule has 2 aromatic rings. The molecule has 0 radical (unpaired) electrons. The molecule has 0 unspecified atom stereocenters. The number of carboxylic acid groups (broad SMARTS) is 1. The maximum atomic E-state index is 11.3. The predicted molar refractivity (Wildman–Crippen MR) is 89.8 cm³/mol. The van der Waals surface area contributed by atoms with Gasteiger partial charge in [-0.25, -0.2) is 4.98 Å². The van der Waals surface area contributed by atoms with Crippen molar-refractivity contribution < 1.29 is 9.90 Å². The van der Waals surface area contributed by atoms with Crippen LogP contribution in [0, 0.1) is 6.92 Å². The van der Waals surface area contributed by atoms with E-state index in [1.807, 2.05) is 36.1 Å². The van der Waals surface area contributed by atoms with Gasteiger partial charge in [0.25, 0.3) is 0 Å². The Labute approximate surface area is 140 Å². The summed E-state index contributed by atoms with van der Waals surface area (Å²) in [6, 6.07) is 7.45. The van der Waals surface area contributed by atoms with Crippen molar-refractivity contribution in [1.82, 2.24) is 9.88 Å². The average molecular weight is 341 g/mol. The summed E-state index contributed by atoms with van der Waals surface area (Å²) >= 11 is 6.44. The minimum Gasteiger partial charge on any atom is -0.480 e. The van der Waals surface area contributed by atoms with Crippen molar-refractivity contribution in [3.63, 3.8) is 0 Å². The van der Waals surface area contributed by atoms with Crippen molar-refractivity contribution in [3.05, 3.63) is 40.5 Å². The molecule has 118 valence electrons. The first-order valence-corrected chi connectivity index (χ1v) is 7.46. The minimum atomic E-state index is -0.763. The van der Waals surface area contributed by atoms with Crippen LogP contribution in [-0.2, 0) is 11.3 Å². The molecule has 0 bridgehead atoms. The monoisotopic (exact) mass is 340 g/mol. The molecule has 0 spiro atoms. The van der Waals surface area contributed by atoms with Crippen molar-refractivity contribution in [2.45, 2.75) is 32.4 Å². The van der Waals surface area contributed by atoms with Crippen LogP contribution in [0.1, 0.15) is 24.1 Å². The molecule has 1 N–H and O–H groups in total. The Balaban J connectivity index is 0.00000176. The molecule has 0 amide bonds. The third kappa shape index (κ3) is 3.05. The van der Waals surface area contributed by atoms with Crippen LogP contribution < -0.4 is 0 Å². The summed E-state index contributed by atoms with van der Waals surface area (Å²) in [6.07, 6.45) is 1.60. The first-order chi connectivity index (χ1) is 10.1. The molecular weight excluding hydrogens is 323 g/mol. The number of halogens is 2. The van der Waals surface area contributed by atoms with Crippen LogP contribution in [0.2, 0.25) is 5.02 Å². The van der Waals surface area contributed by atoms with Crippen molar-refractivity contribution in [1.29, 1.82) is 0 Å². The van der Waals surface area contributed by atoms with Gasteiger partial charge in [-0.1, -0.05) is 29.8 Å². The highest BCUT2D eigenvalue weighted by Crippen LogP contribution is 2.29. The molecule has 1 atom stereocenters. The summed E-state index contributed by atoms with van der Waals surface area (Å²) in [4.78, 5) is 17.8. The molecule has 1 fully saturated rings. The lowest BCUT2D eigenvalue weighted by Gasteiger charge is -2.21. The van der Waals surface area contributed by atoms with Gasteiger partial charge in [0, 0.05) is 11.9 Å². The van der Waals surface area contributed by atoms with E-state index in [1.165, 1.54) is 0 Å². The van der Waals surface area contributed by atoms with Crippen LogP contribution in [0.3, 0.4) is 0 Å². The maximum absolute atomic E-state index is 11.3. The molecule has 0 aliphatic carbocycles. The molecule has 0 saturated carbocycles. The number of aliphatic carboxylic acids is 1. The number of benzene rings is 1. The van der Waals surface area contributed by atoms with Crippen molar-refractivity contribution in [2.75, 3.05) is 6.54 Å². The Morgan fingerprint density at radius 1 is 1.45 bits per heavy atom. The topological polar surface area (TPSA) is 53.4 Å². The van der Waals surface area contributed by atoms with Gasteiger partial charge in [-0.05, 0) is 37.9 Å². The van der Waals surface area contributed by atoms with Gasteiger partial charge in [0.05, 0.1) is 16.2 Å². The van der Waals surface area contributed by atoms with Crippen molar-refractivity contribution >= 4 is 40.9 Å². The minimum absolute atomic E-state index is 0. The normalized spacial score (nSPS) is 18.4. The number of fused-ring (bicyclic) bond motifs is 1. The number of pyridine rings is 1. The van der Waals surface area contributed by atoms with Crippen molar-refractivity contribution in [2.24, 2.45) is 0 Å². The third-order valence-corrected chi connectivity index (χ3v) is 4.65. The Kier molecular flexibility index (Phi) is 5.27. The van der Waals surface area contributed by atoms with Crippen LogP contribution in [0.25, 0.3) is 10.9 Å². The van der Waals surface area contributed by atoms with Crippen molar-refractivity contribution in [3.8, 4) is 0 Å². The van der Waals surface area contributed by atoms with Gasteiger partial charge in [-0.15, -0.1) is 12.4 Å². The molecule has 1 aliphatic rings. The number of rotatable bonds is 3. The second-order valence-corrected chi connectivity index (χ2v) is 5.86. The number of para-hydroxylation sites is 1. The lowest BCUT2D eigenvalue weighted by molar-refractivity contribution is -0.142. The highest BCUT2D eigenvalue weighted by atomic mass is 35.5. The van der Waals surface area contributed by atoms with Crippen LogP contribution >= 0.6 is 24.0 Å². The number of likely N-dealkylation sites (tertiary alicyclic amines) is 1. The molecule has 22 heavy (non-hydrogen) atoms. The van der Waals surface area contributed by atoms with E-state index in [-0.39, 0.29) is 12.4 Å². The summed E-state index contributed by atoms with van der Waals surface area (Å²) in [5.41, 5.74) is 2.67. The molecule has 4 nitrogen and oxygen atoms in total. The Bertz CT molecular complexity index is 706. The van der Waals surface area contributed by atoms with E-state index in [1.54, 1.807) is 0 Å². The van der Waals surface area contributed by atoms with E-state index in [2.05, 4.69) is 4.98 Å². The summed E-state index contributed by atoms with van der Waals surface area (Å²) in [6.45, 7) is 3.25. The van der Waals surface area contributed by atoms with Crippen LogP contribution in [-0.4, -0.2) is 33.5 Å². The fourth-order valence-electron chi connectivity index (χ4n) is 3.01. The van der Waals surface area contributed by atoms with E-state index in [0.29, 0.717) is 18.0 Å². The zero-order chi connectivity index (χ0) is 15.0. The molecular formula is C16H18Cl2N2O2. The summed E-state index contributed by atoms with van der Waals surface area (Å²) in [5.74, 6) is -0.763. The zero-order valence-electron chi connectivity index (χ0n) is 12.3. The second-order valence-electron chi connectivity index (χ2n) is 5.48. The van der Waals surface area contributed by atoms with E-state index in [9.17, 15) is 9.90 Å². The van der Waals surface area contributed by atoms with Gasteiger partial charge in [-0.3, -0.25) is 9.69 Å². The van der Waals surface area contributed by atoms with Gasteiger partial charge >= 0.3 is 5.97 Å². The van der Waals surface area contributed by atoms with E-state index in [4.69, 9.17) is 11.6 Å². The molecule has 1 aromatic heterocycles. The predicted octanol–water partition coefficient (Wildman–Crippen LogP) is 3.67. The van der Waals surface area contributed by atoms with E-state index in [0.717, 1.165) is 35.1 Å². The lowest BCUT2D eigenvalue weighted by Crippen LogP contribution is -2.35. The number of carboxylic acids is 1. The summed E-state index contributed by atoms with van der Waals surface area (Å²) in [7, 11) is 0. The Morgan fingerprint density at radius 3 is 2.91 bits per heavy atom. The van der Waals surface area contributed by atoms with Gasteiger partial charge in [-0.2, -0.15) is 0 Å². The molecule has 3 rings (SSSR count). The maximum Gasteiger partial charge on any atom is 0.320 e. The molecule has 1 aliphatic heterocycles. The molecule has 1 aromatic carbocycles. The van der Waals surface area contributed by atoms with Crippen LogP contribution in [0.5, 0.6) is 0 Å².